The standard InChI is InChI=1S/C22H26N4O5/c1-13(18(28)14-7-9-15(10-8-14)22(2,3)4)31-16(27)11-26-12-23-19-17(26)20(29)25(6)21(30)24(19)5/h7-10,12-13H,11H2,1-6H3. The Morgan fingerprint density at radius 2 is 1.68 bits per heavy atom. The van der Waals surface area contributed by atoms with Gasteiger partial charge in [0, 0.05) is 19.7 Å². The van der Waals surface area contributed by atoms with Crippen LogP contribution in [0, 0.1) is 0 Å². The average molecular weight is 426 g/mol. The molecule has 31 heavy (non-hydrogen) atoms. The smallest absolute Gasteiger partial charge is 0.332 e. The molecule has 0 aliphatic carbocycles. The fraction of sp³-hybridized carbons (Fsp3) is 0.409. The zero-order valence-corrected chi connectivity index (χ0v) is 18.5. The number of carbonyl (C=O) groups is 2. The number of rotatable bonds is 5. The van der Waals surface area contributed by atoms with Crippen molar-refractivity contribution in [2.75, 3.05) is 0 Å². The fourth-order valence-electron chi connectivity index (χ4n) is 3.31. The Hall–Kier alpha value is -3.49. The van der Waals surface area contributed by atoms with Gasteiger partial charge in [-0.1, -0.05) is 45.0 Å². The lowest BCUT2D eigenvalue weighted by molar-refractivity contribution is -0.146. The summed E-state index contributed by atoms with van der Waals surface area (Å²) in [7, 11) is 2.84. The summed E-state index contributed by atoms with van der Waals surface area (Å²) in [4.78, 5) is 53.6. The van der Waals surface area contributed by atoms with Crippen LogP contribution in [0.4, 0.5) is 0 Å². The zero-order chi connectivity index (χ0) is 23.1. The molecule has 9 heteroatoms. The van der Waals surface area contributed by atoms with E-state index in [0.717, 1.165) is 10.1 Å². The third-order valence-electron chi connectivity index (χ3n) is 5.23. The number of esters is 1. The number of fused-ring (bicyclic) bond motifs is 1. The molecule has 0 N–H and O–H groups in total. The van der Waals surface area contributed by atoms with Crippen LogP contribution in [0.2, 0.25) is 0 Å². The maximum atomic E-state index is 12.6. The van der Waals surface area contributed by atoms with Crippen LogP contribution in [0.1, 0.15) is 43.6 Å². The molecule has 164 valence electrons. The predicted octanol–water partition coefficient (Wildman–Crippen LogP) is 1.55. The van der Waals surface area contributed by atoms with Crippen molar-refractivity contribution >= 4 is 22.9 Å². The Morgan fingerprint density at radius 3 is 2.26 bits per heavy atom. The van der Waals surface area contributed by atoms with E-state index in [9.17, 15) is 19.2 Å². The number of ether oxygens (including phenoxy) is 1. The van der Waals surface area contributed by atoms with Crippen molar-refractivity contribution in [3.63, 3.8) is 0 Å². The van der Waals surface area contributed by atoms with Gasteiger partial charge in [-0.2, -0.15) is 0 Å². The van der Waals surface area contributed by atoms with Gasteiger partial charge < -0.3 is 9.30 Å². The van der Waals surface area contributed by atoms with Crippen molar-refractivity contribution in [1.82, 2.24) is 18.7 Å². The van der Waals surface area contributed by atoms with Crippen LogP contribution in [-0.2, 0) is 35.6 Å². The molecule has 0 spiro atoms. The molecule has 0 saturated carbocycles. The van der Waals surface area contributed by atoms with E-state index in [1.807, 2.05) is 12.1 Å². The normalized spacial score (nSPS) is 12.7. The van der Waals surface area contributed by atoms with Crippen molar-refractivity contribution in [1.29, 1.82) is 0 Å². The fourth-order valence-corrected chi connectivity index (χ4v) is 3.31. The SMILES string of the molecule is CC(OC(=O)Cn1cnc2c1c(=O)n(C)c(=O)n2C)C(=O)c1ccc(C(C)(C)C)cc1. The molecule has 9 nitrogen and oxygen atoms in total. The molecule has 0 radical (unpaired) electrons. The number of Topliss-reactive ketones (excluding diaryl/α,β-unsaturated/α-hetero) is 1. The lowest BCUT2D eigenvalue weighted by atomic mass is 9.86. The minimum atomic E-state index is -0.991. The Balaban J connectivity index is 1.76. The molecule has 0 amide bonds. The lowest BCUT2D eigenvalue weighted by Gasteiger charge is -2.19. The molecule has 1 aromatic carbocycles. The third-order valence-corrected chi connectivity index (χ3v) is 5.23. The lowest BCUT2D eigenvalue weighted by Crippen LogP contribution is -2.37. The van der Waals surface area contributed by atoms with Gasteiger partial charge in [0.15, 0.2) is 17.3 Å². The number of hydrogen-bond donors (Lipinski definition) is 0. The van der Waals surface area contributed by atoms with Gasteiger partial charge in [-0.3, -0.25) is 23.5 Å². The summed E-state index contributed by atoms with van der Waals surface area (Å²) in [6, 6.07) is 7.22. The summed E-state index contributed by atoms with van der Waals surface area (Å²) in [6.07, 6.45) is 0.305. The van der Waals surface area contributed by atoms with Crippen molar-refractivity contribution in [3.8, 4) is 0 Å². The highest BCUT2D eigenvalue weighted by molar-refractivity contribution is 6.00. The van der Waals surface area contributed by atoms with Crippen molar-refractivity contribution in [2.24, 2.45) is 14.1 Å². The van der Waals surface area contributed by atoms with E-state index in [4.69, 9.17) is 4.74 Å². The van der Waals surface area contributed by atoms with Crippen molar-refractivity contribution < 1.29 is 14.3 Å². The van der Waals surface area contributed by atoms with Crippen LogP contribution < -0.4 is 11.2 Å². The summed E-state index contributed by atoms with van der Waals surface area (Å²) in [5.41, 5.74) is 0.714. The molecular formula is C22H26N4O5. The van der Waals surface area contributed by atoms with Crippen LogP contribution in [0.25, 0.3) is 11.2 Å². The molecule has 3 rings (SSSR count). The quantitative estimate of drug-likeness (QED) is 0.453. The molecule has 0 fully saturated rings. The summed E-state index contributed by atoms with van der Waals surface area (Å²) in [5, 5.41) is 0. The van der Waals surface area contributed by atoms with Crippen LogP contribution in [0.15, 0.2) is 40.2 Å². The number of hydrogen-bond acceptors (Lipinski definition) is 6. The molecule has 0 aliphatic rings. The first kappa shape index (κ1) is 22.2. The molecule has 0 aliphatic heterocycles. The van der Waals surface area contributed by atoms with E-state index < -0.39 is 23.3 Å². The zero-order valence-electron chi connectivity index (χ0n) is 18.5. The van der Waals surface area contributed by atoms with Crippen molar-refractivity contribution in [2.45, 2.75) is 45.8 Å². The predicted molar refractivity (Wildman–Crippen MR) is 115 cm³/mol. The second kappa shape index (κ2) is 7.98. The summed E-state index contributed by atoms with van der Waals surface area (Å²) >= 11 is 0. The average Bonchev–Trinajstić information content (AvgIpc) is 3.13. The van der Waals surface area contributed by atoms with Gasteiger partial charge in [0.25, 0.3) is 5.56 Å². The van der Waals surface area contributed by atoms with Gasteiger partial charge in [-0.05, 0) is 17.9 Å². The number of nitrogens with zero attached hydrogens (tertiary/aromatic N) is 4. The van der Waals surface area contributed by atoms with E-state index in [1.54, 1.807) is 12.1 Å². The van der Waals surface area contributed by atoms with Crippen LogP contribution >= 0.6 is 0 Å². The first-order valence-corrected chi connectivity index (χ1v) is 9.87. The highest BCUT2D eigenvalue weighted by atomic mass is 16.5. The largest absolute Gasteiger partial charge is 0.453 e. The van der Waals surface area contributed by atoms with Gasteiger partial charge in [0.1, 0.15) is 6.54 Å². The summed E-state index contributed by atoms with van der Waals surface area (Å²) in [6.45, 7) is 7.44. The summed E-state index contributed by atoms with van der Waals surface area (Å²) < 4.78 is 8.78. The Labute approximate surface area is 178 Å². The minimum absolute atomic E-state index is 0.0339. The second-order valence-electron chi connectivity index (χ2n) is 8.57. The number of imidazole rings is 1. The van der Waals surface area contributed by atoms with E-state index in [0.29, 0.717) is 5.56 Å². The highest BCUT2D eigenvalue weighted by Gasteiger charge is 2.22. The van der Waals surface area contributed by atoms with E-state index in [-0.39, 0.29) is 28.9 Å². The first-order chi connectivity index (χ1) is 14.4. The minimum Gasteiger partial charge on any atom is -0.453 e. The second-order valence-corrected chi connectivity index (χ2v) is 8.57. The van der Waals surface area contributed by atoms with E-state index in [1.165, 1.54) is 36.5 Å². The molecule has 2 aromatic heterocycles. The van der Waals surface area contributed by atoms with Gasteiger partial charge in [0.05, 0.1) is 6.33 Å². The van der Waals surface area contributed by atoms with Gasteiger partial charge >= 0.3 is 11.7 Å². The van der Waals surface area contributed by atoms with Gasteiger partial charge in [-0.25, -0.2) is 9.78 Å². The van der Waals surface area contributed by atoms with Crippen LogP contribution in [0.5, 0.6) is 0 Å². The van der Waals surface area contributed by atoms with E-state index in [2.05, 4.69) is 25.8 Å². The van der Waals surface area contributed by atoms with E-state index >= 15 is 0 Å². The molecular weight excluding hydrogens is 400 g/mol. The maximum Gasteiger partial charge on any atom is 0.332 e. The Kier molecular flexibility index (Phi) is 5.71. The number of aromatic nitrogens is 4. The van der Waals surface area contributed by atoms with Crippen molar-refractivity contribution in [3.05, 3.63) is 62.6 Å². The molecule has 3 aromatic rings. The van der Waals surface area contributed by atoms with Crippen LogP contribution in [-0.4, -0.2) is 36.5 Å². The van der Waals surface area contributed by atoms with Gasteiger partial charge in [-0.15, -0.1) is 0 Å². The molecule has 2 heterocycles. The third kappa shape index (κ3) is 4.21. The topological polar surface area (TPSA) is 105 Å². The molecule has 1 unspecified atom stereocenters. The molecule has 0 saturated heterocycles. The number of benzene rings is 1. The van der Waals surface area contributed by atoms with Crippen LogP contribution in [0.3, 0.4) is 0 Å². The number of aryl methyl sites for hydroxylation is 1. The summed E-state index contributed by atoms with van der Waals surface area (Å²) in [5.74, 6) is -1.01. The number of carbonyl (C=O) groups excluding carboxylic acids is 2. The Morgan fingerprint density at radius 1 is 1.06 bits per heavy atom. The highest BCUT2D eigenvalue weighted by Crippen LogP contribution is 2.22. The van der Waals surface area contributed by atoms with Gasteiger partial charge in [0.2, 0.25) is 5.78 Å². The number of ketones is 1. The maximum absolute atomic E-state index is 12.6. The monoisotopic (exact) mass is 426 g/mol. The first-order valence-electron chi connectivity index (χ1n) is 9.87. The molecule has 0 bridgehead atoms. The molecule has 1 atom stereocenters. The Bertz CT molecular complexity index is 1270.